The SMILES string of the molecule is CCC(CC)CC1CNCC1C.CCCCC. The zero-order valence-electron chi connectivity index (χ0n) is 12.9. The Balaban J connectivity index is 0.000000437. The third kappa shape index (κ3) is 7.81. The molecule has 0 aromatic rings. The molecule has 0 aromatic carbocycles. The quantitative estimate of drug-likeness (QED) is 0.700. The highest BCUT2D eigenvalue weighted by molar-refractivity contribution is 4.79. The molecule has 0 radical (unpaired) electrons. The van der Waals surface area contributed by atoms with E-state index in [1.54, 1.807) is 0 Å². The van der Waals surface area contributed by atoms with Crippen LogP contribution in [0.25, 0.3) is 0 Å². The van der Waals surface area contributed by atoms with Crippen LogP contribution in [0, 0.1) is 17.8 Å². The van der Waals surface area contributed by atoms with Crippen LogP contribution in [-0.2, 0) is 0 Å². The topological polar surface area (TPSA) is 12.0 Å². The van der Waals surface area contributed by atoms with Gasteiger partial charge >= 0.3 is 0 Å². The summed E-state index contributed by atoms with van der Waals surface area (Å²) in [5, 5.41) is 3.48. The van der Waals surface area contributed by atoms with Crippen molar-refractivity contribution in [2.45, 2.75) is 73.1 Å². The number of hydrogen-bond donors (Lipinski definition) is 1. The van der Waals surface area contributed by atoms with Gasteiger partial charge in [0.2, 0.25) is 0 Å². The van der Waals surface area contributed by atoms with Crippen molar-refractivity contribution in [2.24, 2.45) is 17.8 Å². The van der Waals surface area contributed by atoms with Crippen molar-refractivity contribution in [1.82, 2.24) is 5.32 Å². The number of rotatable bonds is 6. The van der Waals surface area contributed by atoms with E-state index in [0.717, 1.165) is 17.8 Å². The van der Waals surface area contributed by atoms with Crippen LogP contribution in [0.3, 0.4) is 0 Å². The van der Waals surface area contributed by atoms with Crippen LogP contribution in [0.1, 0.15) is 73.1 Å². The van der Waals surface area contributed by atoms with Gasteiger partial charge in [-0.2, -0.15) is 0 Å². The first-order valence-corrected chi connectivity index (χ1v) is 7.90. The van der Waals surface area contributed by atoms with Gasteiger partial charge in [-0.15, -0.1) is 0 Å². The van der Waals surface area contributed by atoms with Crippen molar-refractivity contribution in [3.8, 4) is 0 Å². The maximum atomic E-state index is 3.48. The molecule has 1 heteroatoms. The normalized spacial score (nSPS) is 23.6. The van der Waals surface area contributed by atoms with Crippen molar-refractivity contribution in [3.05, 3.63) is 0 Å². The fourth-order valence-electron chi connectivity index (χ4n) is 2.58. The first kappa shape index (κ1) is 17.0. The molecule has 2 atom stereocenters. The van der Waals surface area contributed by atoms with E-state index in [1.807, 2.05) is 0 Å². The van der Waals surface area contributed by atoms with E-state index < -0.39 is 0 Å². The standard InChI is InChI=1S/C11H23N.C5H12/c1-4-10(5-2)6-11-8-12-7-9(11)3;1-3-5-4-2/h9-12H,4-8H2,1-3H3;3-5H2,1-2H3. The molecule has 0 aromatic heterocycles. The van der Waals surface area contributed by atoms with Crippen LogP contribution in [0.15, 0.2) is 0 Å². The largest absolute Gasteiger partial charge is 0.316 e. The summed E-state index contributed by atoms with van der Waals surface area (Å²) in [5.74, 6) is 2.83. The van der Waals surface area contributed by atoms with Gasteiger partial charge in [-0.25, -0.2) is 0 Å². The maximum Gasteiger partial charge on any atom is -0.00173 e. The molecule has 0 bridgehead atoms. The van der Waals surface area contributed by atoms with Crippen LogP contribution < -0.4 is 5.32 Å². The second-order valence-electron chi connectivity index (χ2n) is 5.67. The zero-order chi connectivity index (χ0) is 13.1. The van der Waals surface area contributed by atoms with Crippen LogP contribution in [0.5, 0.6) is 0 Å². The van der Waals surface area contributed by atoms with Crippen molar-refractivity contribution in [3.63, 3.8) is 0 Å². The maximum absolute atomic E-state index is 3.48. The molecule has 2 unspecified atom stereocenters. The molecule has 1 N–H and O–H groups in total. The van der Waals surface area contributed by atoms with Gasteiger partial charge in [0.25, 0.3) is 0 Å². The lowest BCUT2D eigenvalue weighted by molar-refractivity contribution is 0.323. The van der Waals surface area contributed by atoms with Crippen LogP contribution in [0.4, 0.5) is 0 Å². The molecule has 0 aliphatic carbocycles. The molecule has 17 heavy (non-hydrogen) atoms. The van der Waals surface area contributed by atoms with Crippen LogP contribution >= 0.6 is 0 Å². The Bertz CT molecular complexity index is 150. The number of hydrogen-bond acceptors (Lipinski definition) is 1. The molecule has 0 amide bonds. The minimum absolute atomic E-state index is 0.908. The van der Waals surface area contributed by atoms with Gasteiger partial charge in [0.05, 0.1) is 0 Å². The van der Waals surface area contributed by atoms with Gasteiger partial charge in [0.1, 0.15) is 0 Å². The van der Waals surface area contributed by atoms with E-state index in [9.17, 15) is 0 Å². The van der Waals surface area contributed by atoms with Crippen LogP contribution in [0.2, 0.25) is 0 Å². The Morgan fingerprint density at radius 1 is 1.00 bits per heavy atom. The fourth-order valence-corrected chi connectivity index (χ4v) is 2.58. The molecule has 0 saturated carbocycles. The van der Waals surface area contributed by atoms with Crippen molar-refractivity contribution in [2.75, 3.05) is 13.1 Å². The highest BCUT2D eigenvalue weighted by Crippen LogP contribution is 2.26. The van der Waals surface area contributed by atoms with Gasteiger partial charge in [0, 0.05) is 0 Å². The summed E-state index contributed by atoms with van der Waals surface area (Å²) in [4.78, 5) is 0. The molecule has 1 aliphatic rings. The summed E-state index contributed by atoms with van der Waals surface area (Å²) in [6, 6.07) is 0. The lowest BCUT2D eigenvalue weighted by Gasteiger charge is -2.20. The zero-order valence-corrected chi connectivity index (χ0v) is 12.9. The monoisotopic (exact) mass is 241 g/mol. The van der Waals surface area contributed by atoms with Crippen molar-refractivity contribution in [1.29, 1.82) is 0 Å². The van der Waals surface area contributed by atoms with Gasteiger partial charge in [-0.05, 0) is 37.3 Å². The van der Waals surface area contributed by atoms with E-state index in [4.69, 9.17) is 0 Å². The predicted octanol–water partition coefficient (Wildman–Crippen LogP) is 4.86. The van der Waals surface area contributed by atoms with E-state index in [2.05, 4.69) is 39.9 Å². The second kappa shape index (κ2) is 11.1. The summed E-state index contributed by atoms with van der Waals surface area (Å²) in [5.41, 5.74) is 0. The summed E-state index contributed by atoms with van der Waals surface area (Å²) in [6.07, 6.45) is 8.24. The highest BCUT2D eigenvalue weighted by Gasteiger charge is 2.24. The summed E-state index contributed by atoms with van der Waals surface area (Å²) in [7, 11) is 0. The highest BCUT2D eigenvalue weighted by atomic mass is 14.9. The molecule has 0 spiro atoms. The van der Waals surface area contributed by atoms with E-state index in [1.165, 1.54) is 51.6 Å². The van der Waals surface area contributed by atoms with E-state index in [-0.39, 0.29) is 0 Å². The fraction of sp³-hybridized carbons (Fsp3) is 1.00. The lowest BCUT2D eigenvalue weighted by Crippen LogP contribution is -2.14. The molecule has 104 valence electrons. The first-order chi connectivity index (χ1) is 8.19. The smallest absolute Gasteiger partial charge is 0.00173 e. The minimum atomic E-state index is 0.908. The molecule has 1 fully saturated rings. The lowest BCUT2D eigenvalue weighted by atomic mass is 9.85. The van der Waals surface area contributed by atoms with Crippen molar-refractivity contribution >= 4 is 0 Å². The molecule has 1 aliphatic heterocycles. The summed E-state index contributed by atoms with van der Waals surface area (Å²) in [6.45, 7) is 13.9. The van der Waals surface area contributed by atoms with E-state index in [0.29, 0.717) is 0 Å². The Morgan fingerprint density at radius 2 is 1.59 bits per heavy atom. The van der Waals surface area contributed by atoms with Gasteiger partial charge in [-0.3, -0.25) is 0 Å². The number of nitrogens with one attached hydrogen (secondary N) is 1. The Hall–Kier alpha value is -0.0400. The average molecular weight is 241 g/mol. The molecule has 1 saturated heterocycles. The summed E-state index contributed by atoms with van der Waals surface area (Å²) >= 11 is 0. The second-order valence-corrected chi connectivity index (χ2v) is 5.67. The molecular formula is C16H35N. The average Bonchev–Trinajstić information content (AvgIpc) is 2.73. The van der Waals surface area contributed by atoms with Gasteiger partial charge in [0.15, 0.2) is 0 Å². The molecule has 1 heterocycles. The van der Waals surface area contributed by atoms with Gasteiger partial charge in [-0.1, -0.05) is 66.7 Å². The predicted molar refractivity (Wildman–Crippen MR) is 79.4 cm³/mol. The van der Waals surface area contributed by atoms with Crippen LogP contribution in [-0.4, -0.2) is 13.1 Å². The molecular weight excluding hydrogens is 206 g/mol. The van der Waals surface area contributed by atoms with Crippen molar-refractivity contribution < 1.29 is 0 Å². The minimum Gasteiger partial charge on any atom is -0.316 e. The third-order valence-corrected chi connectivity index (χ3v) is 4.18. The molecule has 1 nitrogen and oxygen atoms in total. The third-order valence-electron chi connectivity index (χ3n) is 4.18. The summed E-state index contributed by atoms with van der Waals surface area (Å²) < 4.78 is 0. The Labute approximate surface area is 110 Å². The first-order valence-electron chi connectivity index (χ1n) is 7.90. The molecule has 1 rings (SSSR count). The number of unbranched alkanes of at least 4 members (excludes halogenated alkanes) is 2. The Kier molecular flexibility index (Phi) is 11.0. The van der Waals surface area contributed by atoms with E-state index >= 15 is 0 Å². The van der Waals surface area contributed by atoms with Gasteiger partial charge < -0.3 is 5.32 Å². The Morgan fingerprint density at radius 3 is 1.88 bits per heavy atom.